The second kappa shape index (κ2) is 7.87. The Morgan fingerprint density at radius 1 is 0.724 bits per heavy atom. The molecule has 0 saturated heterocycles. The molecule has 10 heteroatoms. The number of phenolic OH excluding ortho intramolecular Hbond substituents is 2. The van der Waals surface area contributed by atoms with E-state index in [1.54, 1.807) is 0 Å². The SMILES string of the molecule is O=S(=O)(O)C(c1ccc(O)cc1)(c1ccc(Cl)cc1Cl)c1cc(O)c(Cl)cc1Cl. The standard InChI is InChI=1S/C19H12Cl4O5S/c20-11-3-6-13(15(21)7-11)19(29(26,27)28,10-1-4-12(24)5-2-10)14-8-18(25)17(23)9-16(14)22/h1-9,24-25H,(H,26,27,28). The van der Waals surface area contributed by atoms with Crippen LogP contribution in [0.15, 0.2) is 54.6 Å². The number of aromatic hydroxyl groups is 2. The molecule has 0 aromatic heterocycles. The maximum absolute atomic E-state index is 13.0. The van der Waals surface area contributed by atoms with Gasteiger partial charge in [0.05, 0.1) is 5.02 Å². The highest BCUT2D eigenvalue weighted by Crippen LogP contribution is 2.50. The van der Waals surface area contributed by atoms with E-state index in [0.717, 1.165) is 12.1 Å². The van der Waals surface area contributed by atoms with E-state index in [4.69, 9.17) is 46.4 Å². The molecule has 1 unspecified atom stereocenters. The first-order valence-corrected chi connectivity index (χ1v) is 10.8. The third kappa shape index (κ3) is 3.77. The van der Waals surface area contributed by atoms with Gasteiger partial charge in [-0.05, 0) is 42.0 Å². The Bertz CT molecular complexity index is 1200. The van der Waals surface area contributed by atoms with Gasteiger partial charge in [0.2, 0.25) is 0 Å². The van der Waals surface area contributed by atoms with Crippen molar-refractivity contribution in [3.63, 3.8) is 0 Å². The molecule has 0 radical (unpaired) electrons. The molecule has 3 aromatic rings. The first-order chi connectivity index (χ1) is 13.5. The molecule has 0 amide bonds. The fourth-order valence-electron chi connectivity index (χ4n) is 3.16. The molecule has 0 aliphatic rings. The highest BCUT2D eigenvalue weighted by molar-refractivity contribution is 7.87. The van der Waals surface area contributed by atoms with E-state index < -0.39 is 20.6 Å². The zero-order chi connectivity index (χ0) is 21.6. The maximum Gasteiger partial charge on any atom is 0.283 e. The minimum Gasteiger partial charge on any atom is -0.508 e. The summed E-state index contributed by atoms with van der Waals surface area (Å²) in [5, 5.41) is 19.7. The van der Waals surface area contributed by atoms with Gasteiger partial charge in [-0.25, -0.2) is 0 Å². The van der Waals surface area contributed by atoms with E-state index >= 15 is 0 Å². The Kier molecular flexibility index (Phi) is 5.98. The van der Waals surface area contributed by atoms with Crippen molar-refractivity contribution in [1.29, 1.82) is 0 Å². The summed E-state index contributed by atoms with van der Waals surface area (Å²) < 4.78 is 34.0. The van der Waals surface area contributed by atoms with Crippen LogP contribution in [0.5, 0.6) is 11.5 Å². The van der Waals surface area contributed by atoms with Crippen molar-refractivity contribution in [1.82, 2.24) is 0 Å². The molecule has 0 fully saturated rings. The van der Waals surface area contributed by atoms with Gasteiger partial charge in [0.1, 0.15) is 11.5 Å². The highest BCUT2D eigenvalue weighted by atomic mass is 35.5. The highest BCUT2D eigenvalue weighted by Gasteiger charge is 2.51. The molecule has 5 nitrogen and oxygen atoms in total. The van der Waals surface area contributed by atoms with E-state index in [1.807, 2.05) is 0 Å². The predicted molar refractivity (Wildman–Crippen MR) is 114 cm³/mol. The van der Waals surface area contributed by atoms with E-state index in [-0.39, 0.29) is 42.5 Å². The van der Waals surface area contributed by atoms with Crippen LogP contribution in [0, 0.1) is 0 Å². The van der Waals surface area contributed by atoms with Crippen LogP contribution in [0.25, 0.3) is 0 Å². The molecule has 29 heavy (non-hydrogen) atoms. The molecule has 0 saturated carbocycles. The quantitative estimate of drug-likeness (QED) is 0.311. The molecule has 3 aromatic carbocycles. The zero-order valence-electron chi connectivity index (χ0n) is 14.3. The fourth-order valence-corrected chi connectivity index (χ4v) is 5.69. The molecular formula is C19H12Cl4O5S. The van der Waals surface area contributed by atoms with Crippen LogP contribution in [0.3, 0.4) is 0 Å². The normalized spacial score (nSPS) is 13.8. The molecule has 1 atom stereocenters. The lowest BCUT2D eigenvalue weighted by molar-refractivity contribution is 0.455. The lowest BCUT2D eigenvalue weighted by Crippen LogP contribution is -2.38. The average Bonchev–Trinajstić information content (AvgIpc) is 2.61. The molecule has 0 aliphatic heterocycles. The van der Waals surface area contributed by atoms with E-state index in [0.29, 0.717) is 0 Å². The van der Waals surface area contributed by atoms with Crippen LogP contribution in [0.4, 0.5) is 0 Å². The summed E-state index contributed by atoms with van der Waals surface area (Å²) in [7, 11) is -5.03. The first-order valence-electron chi connectivity index (χ1n) is 7.89. The molecular weight excluding hydrogens is 482 g/mol. The van der Waals surface area contributed by atoms with Crippen LogP contribution in [0.1, 0.15) is 16.7 Å². The van der Waals surface area contributed by atoms with Gasteiger partial charge in [0, 0.05) is 26.2 Å². The molecule has 3 rings (SSSR count). The first kappa shape index (κ1) is 22.0. The van der Waals surface area contributed by atoms with E-state index in [2.05, 4.69) is 0 Å². The monoisotopic (exact) mass is 492 g/mol. The largest absolute Gasteiger partial charge is 0.508 e. The smallest absolute Gasteiger partial charge is 0.283 e. The summed E-state index contributed by atoms with van der Waals surface area (Å²) in [6, 6.07) is 11.3. The molecule has 152 valence electrons. The number of hydrogen-bond donors (Lipinski definition) is 3. The van der Waals surface area contributed by atoms with Gasteiger partial charge in [-0.1, -0.05) is 64.6 Å². The molecule has 3 N–H and O–H groups in total. The Balaban J connectivity index is 2.58. The minimum atomic E-state index is -5.03. The summed E-state index contributed by atoms with van der Waals surface area (Å²) in [5.41, 5.74) is -0.260. The lowest BCUT2D eigenvalue weighted by Gasteiger charge is -2.34. The van der Waals surface area contributed by atoms with Crippen molar-refractivity contribution >= 4 is 56.5 Å². The van der Waals surface area contributed by atoms with E-state index in [9.17, 15) is 23.2 Å². The number of benzene rings is 3. The maximum atomic E-state index is 13.0. The summed E-state index contributed by atoms with van der Waals surface area (Å²) in [6.45, 7) is 0. The second-order valence-corrected chi connectivity index (χ2v) is 9.33. The van der Waals surface area contributed by atoms with Crippen molar-refractivity contribution in [3.8, 4) is 11.5 Å². The molecule has 0 aliphatic carbocycles. The van der Waals surface area contributed by atoms with Gasteiger partial charge in [-0.3, -0.25) is 4.55 Å². The Labute approximate surface area is 186 Å². The van der Waals surface area contributed by atoms with Gasteiger partial charge in [0.15, 0.2) is 4.75 Å². The van der Waals surface area contributed by atoms with Gasteiger partial charge in [-0.15, -0.1) is 0 Å². The van der Waals surface area contributed by atoms with Crippen molar-refractivity contribution in [2.75, 3.05) is 0 Å². The van der Waals surface area contributed by atoms with Crippen LogP contribution in [0.2, 0.25) is 20.1 Å². The zero-order valence-corrected chi connectivity index (χ0v) is 18.1. The average molecular weight is 494 g/mol. The third-order valence-electron chi connectivity index (χ3n) is 4.39. The molecule has 0 bridgehead atoms. The number of phenols is 2. The number of halogens is 4. The predicted octanol–water partition coefficient (Wildman–Crippen LogP) is 5.89. The van der Waals surface area contributed by atoms with Gasteiger partial charge >= 0.3 is 0 Å². The van der Waals surface area contributed by atoms with Crippen LogP contribution < -0.4 is 0 Å². The molecule has 0 spiro atoms. The second-order valence-electron chi connectivity index (χ2n) is 6.11. The van der Waals surface area contributed by atoms with Crippen molar-refractivity contribution in [3.05, 3.63) is 91.4 Å². The van der Waals surface area contributed by atoms with Gasteiger partial charge < -0.3 is 10.2 Å². The Morgan fingerprint density at radius 2 is 1.31 bits per heavy atom. The Hall–Kier alpha value is -1.67. The number of rotatable bonds is 4. The van der Waals surface area contributed by atoms with Gasteiger partial charge in [-0.2, -0.15) is 8.42 Å². The van der Waals surface area contributed by atoms with Gasteiger partial charge in [0.25, 0.3) is 10.1 Å². The van der Waals surface area contributed by atoms with Crippen LogP contribution >= 0.6 is 46.4 Å². The third-order valence-corrected chi connectivity index (χ3v) is 7.00. The van der Waals surface area contributed by atoms with Crippen LogP contribution in [-0.2, 0) is 14.9 Å². The van der Waals surface area contributed by atoms with Crippen LogP contribution in [-0.4, -0.2) is 23.2 Å². The summed E-state index contributed by atoms with van der Waals surface area (Å²) >= 11 is 24.5. The van der Waals surface area contributed by atoms with Crippen molar-refractivity contribution in [2.45, 2.75) is 4.75 Å². The summed E-state index contributed by atoms with van der Waals surface area (Å²) in [4.78, 5) is 0. The summed E-state index contributed by atoms with van der Waals surface area (Å²) in [6.07, 6.45) is 0. The van der Waals surface area contributed by atoms with Crippen molar-refractivity contribution < 1.29 is 23.2 Å². The fraction of sp³-hybridized carbons (Fsp3) is 0.0526. The lowest BCUT2D eigenvalue weighted by atomic mass is 9.83. The topological polar surface area (TPSA) is 94.8 Å². The van der Waals surface area contributed by atoms with Crippen molar-refractivity contribution in [2.24, 2.45) is 0 Å². The van der Waals surface area contributed by atoms with E-state index in [1.165, 1.54) is 42.5 Å². The minimum absolute atomic E-state index is 0.00523. The molecule has 0 heterocycles. The summed E-state index contributed by atoms with van der Waals surface area (Å²) in [5.74, 6) is -0.590. The Morgan fingerprint density at radius 3 is 1.86 bits per heavy atom. The number of hydrogen-bond acceptors (Lipinski definition) is 4.